The molecule has 3 atom stereocenters. The third-order valence-electron chi connectivity index (χ3n) is 4.45. The van der Waals surface area contributed by atoms with Gasteiger partial charge in [0, 0.05) is 18.2 Å². The minimum atomic E-state index is 0.0522. The minimum Gasteiger partial charge on any atom is -0.302 e. The lowest BCUT2D eigenvalue weighted by molar-refractivity contribution is 0.493. The van der Waals surface area contributed by atoms with E-state index in [1.165, 1.54) is 11.1 Å². The van der Waals surface area contributed by atoms with Crippen molar-refractivity contribution in [3.05, 3.63) is 97.1 Å². The standard InChI is InChI=1S/C23H28N2/c1-5-20(6-2)23(25-19(4)22-15-11-8-12-16-22)17-24-18(3)21-13-9-7-10-14-21/h5-20,23,25H,1-2H2,3-4H3/t18-,19-,23-/m0/s1. The van der Waals surface area contributed by atoms with Crippen LogP contribution < -0.4 is 5.32 Å². The maximum absolute atomic E-state index is 4.78. The van der Waals surface area contributed by atoms with Gasteiger partial charge in [-0.05, 0) is 25.0 Å². The molecule has 0 aliphatic carbocycles. The Balaban J connectivity index is 2.14. The Hall–Kier alpha value is -2.45. The molecule has 0 fully saturated rings. The van der Waals surface area contributed by atoms with Crippen molar-refractivity contribution in [3.63, 3.8) is 0 Å². The first-order chi connectivity index (χ1) is 12.2. The van der Waals surface area contributed by atoms with Gasteiger partial charge in [-0.25, -0.2) is 0 Å². The molecule has 0 saturated heterocycles. The van der Waals surface area contributed by atoms with Crippen LogP contribution in [0.4, 0.5) is 0 Å². The van der Waals surface area contributed by atoms with Crippen molar-refractivity contribution in [2.75, 3.05) is 0 Å². The molecule has 0 aromatic heterocycles. The smallest absolute Gasteiger partial charge is 0.0717 e. The van der Waals surface area contributed by atoms with Gasteiger partial charge in [-0.3, -0.25) is 4.99 Å². The first-order valence-corrected chi connectivity index (χ1v) is 8.80. The van der Waals surface area contributed by atoms with Crippen molar-refractivity contribution in [2.45, 2.75) is 32.0 Å². The topological polar surface area (TPSA) is 24.4 Å². The number of aliphatic imine (C=N–C) groups is 1. The lowest BCUT2D eigenvalue weighted by atomic mass is 9.98. The van der Waals surface area contributed by atoms with E-state index in [9.17, 15) is 0 Å². The summed E-state index contributed by atoms with van der Waals surface area (Å²) in [5, 5.41) is 3.65. The fourth-order valence-electron chi connectivity index (χ4n) is 2.81. The number of nitrogens with one attached hydrogen (secondary N) is 1. The summed E-state index contributed by atoms with van der Waals surface area (Å²) in [5.41, 5.74) is 2.46. The van der Waals surface area contributed by atoms with E-state index in [1.54, 1.807) is 0 Å². The van der Waals surface area contributed by atoms with Crippen LogP contribution >= 0.6 is 0 Å². The van der Waals surface area contributed by atoms with E-state index in [0.717, 1.165) is 0 Å². The monoisotopic (exact) mass is 332 g/mol. The number of rotatable bonds is 9. The van der Waals surface area contributed by atoms with Crippen LogP contribution in [0.1, 0.15) is 37.1 Å². The highest BCUT2D eigenvalue weighted by atomic mass is 15.0. The van der Waals surface area contributed by atoms with Gasteiger partial charge in [-0.2, -0.15) is 0 Å². The summed E-state index contributed by atoms with van der Waals surface area (Å²) in [6, 6.07) is 21.1. The Labute approximate surface area is 152 Å². The van der Waals surface area contributed by atoms with Crippen LogP contribution in [0.2, 0.25) is 0 Å². The minimum absolute atomic E-state index is 0.0522. The highest BCUT2D eigenvalue weighted by Crippen LogP contribution is 2.18. The second kappa shape index (κ2) is 9.75. The normalized spacial score (nSPS) is 15.0. The molecule has 0 spiro atoms. The Morgan fingerprint density at radius 2 is 1.36 bits per heavy atom. The molecule has 0 heterocycles. The fourth-order valence-corrected chi connectivity index (χ4v) is 2.81. The van der Waals surface area contributed by atoms with E-state index in [1.807, 2.05) is 42.6 Å². The largest absolute Gasteiger partial charge is 0.302 e. The molecular weight excluding hydrogens is 304 g/mol. The van der Waals surface area contributed by atoms with Crippen LogP contribution in [-0.4, -0.2) is 12.3 Å². The van der Waals surface area contributed by atoms with E-state index in [4.69, 9.17) is 4.99 Å². The quantitative estimate of drug-likeness (QED) is 0.474. The zero-order valence-corrected chi connectivity index (χ0v) is 15.2. The van der Waals surface area contributed by atoms with E-state index in [0.29, 0.717) is 0 Å². The SMILES string of the molecule is C=CC(C=C)[C@H](C=N[C@@H](C)c1ccccc1)N[C@@H](C)c1ccccc1. The molecule has 0 amide bonds. The highest BCUT2D eigenvalue weighted by Gasteiger charge is 2.17. The van der Waals surface area contributed by atoms with Crippen LogP contribution in [0.3, 0.4) is 0 Å². The summed E-state index contributed by atoms with van der Waals surface area (Å²) < 4.78 is 0. The van der Waals surface area contributed by atoms with E-state index < -0.39 is 0 Å². The lowest BCUT2D eigenvalue weighted by Gasteiger charge is -2.25. The average Bonchev–Trinajstić information content (AvgIpc) is 2.67. The Bertz CT molecular complexity index is 668. The molecule has 0 radical (unpaired) electrons. The van der Waals surface area contributed by atoms with Crippen LogP contribution in [0, 0.1) is 5.92 Å². The first-order valence-electron chi connectivity index (χ1n) is 8.80. The fraction of sp³-hybridized carbons (Fsp3) is 0.261. The molecule has 25 heavy (non-hydrogen) atoms. The van der Waals surface area contributed by atoms with Gasteiger partial charge < -0.3 is 5.32 Å². The van der Waals surface area contributed by atoms with Gasteiger partial charge in [0.05, 0.1) is 12.1 Å². The average molecular weight is 332 g/mol. The van der Waals surface area contributed by atoms with Gasteiger partial charge in [-0.15, -0.1) is 13.2 Å². The molecule has 0 saturated carbocycles. The molecule has 130 valence electrons. The van der Waals surface area contributed by atoms with Crippen LogP contribution in [0.5, 0.6) is 0 Å². The molecule has 2 rings (SSSR count). The van der Waals surface area contributed by atoms with Crippen molar-refractivity contribution in [1.82, 2.24) is 5.32 Å². The molecule has 0 bridgehead atoms. The molecular formula is C23H28N2. The van der Waals surface area contributed by atoms with Crippen LogP contribution in [0.25, 0.3) is 0 Å². The lowest BCUT2D eigenvalue weighted by Crippen LogP contribution is -2.38. The molecule has 1 N–H and O–H groups in total. The summed E-state index contributed by atoms with van der Waals surface area (Å²) >= 11 is 0. The molecule has 0 aliphatic rings. The zero-order chi connectivity index (χ0) is 18.1. The highest BCUT2D eigenvalue weighted by molar-refractivity contribution is 5.66. The van der Waals surface area contributed by atoms with Gasteiger partial charge in [0.25, 0.3) is 0 Å². The third kappa shape index (κ3) is 5.54. The number of hydrogen-bond donors (Lipinski definition) is 1. The van der Waals surface area contributed by atoms with Crippen molar-refractivity contribution in [1.29, 1.82) is 0 Å². The van der Waals surface area contributed by atoms with Gasteiger partial charge in [0.1, 0.15) is 0 Å². The number of hydrogen-bond acceptors (Lipinski definition) is 2. The molecule has 2 aromatic rings. The summed E-state index contributed by atoms with van der Waals surface area (Å²) in [5.74, 6) is 0.123. The van der Waals surface area contributed by atoms with Crippen molar-refractivity contribution >= 4 is 6.21 Å². The van der Waals surface area contributed by atoms with Gasteiger partial charge >= 0.3 is 0 Å². The van der Waals surface area contributed by atoms with E-state index in [2.05, 4.69) is 68.7 Å². The van der Waals surface area contributed by atoms with Gasteiger partial charge in [0.15, 0.2) is 0 Å². The maximum atomic E-state index is 4.78. The third-order valence-corrected chi connectivity index (χ3v) is 4.45. The van der Waals surface area contributed by atoms with Gasteiger partial charge in [0.2, 0.25) is 0 Å². The van der Waals surface area contributed by atoms with Crippen molar-refractivity contribution in [3.8, 4) is 0 Å². The predicted octanol–water partition coefficient (Wildman–Crippen LogP) is 5.53. The molecule has 2 nitrogen and oxygen atoms in total. The second-order valence-corrected chi connectivity index (χ2v) is 6.26. The zero-order valence-electron chi connectivity index (χ0n) is 15.2. The Morgan fingerprint density at radius 1 is 0.840 bits per heavy atom. The summed E-state index contributed by atoms with van der Waals surface area (Å²) in [4.78, 5) is 4.78. The summed E-state index contributed by atoms with van der Waals surface area (Å²) in [7, 11) is 0. The second-order valence-electron chi connectivity index (χ2n) is 6.26. The maximum Gasteiger partial charge on any atom is 0.0717 e. The predicted molar refractivity (Wildman–Crippen MR) is 109 cm³/mol. The van der Waals surface area contributed by atoms with Crippen molar-refractivity contribution in [2.24, 2.45) is 10.9 Å². The molecule has 2 heteroatoms. The Morgan fingerprint density at radius 3 is 1.88 bits per heavy atom. The number of nitrogens with zero attached hydrogens (tertiary/aromatic N) is 1. The summed E-state index contributed by atoms with van der Waals surface area (Å²) in [6.07, 6.45) is 5.84. The molecule has 2 aromatic carbocycles. The number of benzene rings is 2. The van der Waals surface area contributed by atoms with Crippen LogP contribution in [-0.2, 0) is 0 Å². The first kappa shape index (κ1) is 18.9. The van der Waals surface area contributed by atoms with Gasteiger partial charge in [-0.1, -0.05) is 72.8 Å². The van der Waals surface area contributed by atoms with E-state index in [-0.39, 0.29) is 24.0 Å². The molecule has 0 unspecified atom stereocenters. The summed E-state index contributed by atoms with van der Waals surface area (Å²) in [6.45, 7) is 12.2. The van der Waals surface area contributed by atoms with E-state index >= 15 is 0 Å². The molecule has 0 aliphatic heterocycles. The van der Waals surface area contributed by atoms with Crippen molar-refractivity contribution < 1.29 is 0 Å². The van der Waals surface area contributed by atoms with Crippen LogP contribution in [0.15, 0.2) is 91.0 Å². The Kier molecular flexibility index (Phi) is 7.36.